The number of hydrogen-bond donors (Lipinski definition) is 1. The molecule has 0 atom stereocenters. The van der Waals surface area contributed by atoms with Gasteiger partial charge in [0.25, 0.3) is 0 Å². The second kappa shape index (κ2) is 9.45. The van der Waals surface area contributed by atoms with Gasteiger partial charge < -0.3 is 5.11 Å². The van der Waals surface area contributed by atoms with Gasteiger partial charge in [-0.2, -0.15) is 4.08 Å². The monoisotopic (exact) mass is 220 g/mol. The second-order valence-corrected chi connectivity index (χ2v) is 3.31. The van der Waals surface area contributed by atoms with Crippen LogP contribution in [0.3, 0.4) is 0 Å². The molecule has 0 fully saturated rings. The van der Waals surface area contributed by atoms with Gasteiger partial charge in [-0.1, -0.05) is 0 Å². The van der Waals surface area contributed by atoms with Gasteiger partial charge in [-0.15, -0.1) is 0 Å². The van der Waals surface area contributed by atoms with Crippen LogP contribution in [0.2, 0.25) is 0 Å². The molecular weight excluding hydrogens is 206 g/mol. The van der Waals surface area contributed by atoms with Crippen LogP contribution in [0.4, 0.5) is 0 Å². The smallest absolute Gasteiger partial charge is 0.400 e. The normalized spacial score (nSPS) is 10.4. The zero-order chi connectivity index (χ0) is 10.0. The lowest BCUT2D eigenvalue weighted by molar-refractivity contribution is 0.171. The molecule has 0 saturated carbocycles. The Morgan fingerprint density at radius 1 is 1.25 bits per heavy atom. The Hall–Kier alpha value is 0.360. The Labute approximate surface area is 77.4 Å². The predicted octanol–water partition coefficient (Wildman–Crippen LogP) is 1.95. The molecule has 0 amide bonds. The second-order valence-electron chi connectivity index (χ2n) is 1.35. The quantitative estimate of drug-likeness (QED) is 0.718. The topological polar surface area (TPSA) is 65.0 Å². The summed E-state index contributed by atoms with van der Waals surface area (Å²) in [4.78, 5) is 0. The van der Waals surface area contributed by atoms with Crippen molar-refractivity contribution in [3.05, 3.63) is 0 Å². The van der Waals surface area contributed by atoms with Crippen molar-refractivity contribution >= 4 is 19.7 Å². The van der Waals surface area contributed by atoms with Gasteiger partial charge in [0.15, 0.2) is 0 Å². The zero-order valence-electron chi connectivity index (χ0n) is 7.32. The van der Waals surface area contributed by atoms with Crippen LogP contribution in [0.1, 0.15) is 13.8 Å². The number of phosphoric acid groups is 1. The van der Waals surface area contributed by atoms with Crippen LogP contribution < -0.4 is 0 Å². The van der Waals surface area contributed by atoms with Crippen molar-refractivity contribution in [2.75, 3.05) is 20.3 Å². The highest BCUT2D eigenvalue weighted by Crippen LogP contribution is 2.50. The molecule has 0 saturated heterocycles. The van der Waals surface area contributed by atoms with Crippen molar-refractivity contribution < 1.29 is 22.8 Å². The fourth-order valence-corrected chi connectivity index (χ4v) is 1.42. The summed E-state index contributed by atoms with van der Waals surface area (Å²) in [5, 5.41) is 7.00. The van der Waals surface area contributed by atoms with Crippen LogP contribution in [-0.4, -0.2) is 25.4 Å². The van der Waals surface area contributed by atoms with E-state index in [2.05, 4.69) is 13.1 Å². The molecule has 76 valence electrons. The van der Waals surface area contributed by atoms with Gasteiger partial charge in [0.05, 0.1) is 25.1 Å². The summed E-state index contributed by atoms with van der Waals surface area (Å²) in [5.41, 5.74) is 0. The predicted molar refractivity (Wildman–Crippen MR) is 45.9 cm³/mol. The van der Waals surface area contributed by atoms with Crippen molar-refractivity contribution in [3.8, 4) is 0 Å². The maximum Gasteiger partial charge on any atom is 0.491 e. The molecule has 0 aromatic carbocycles. The van der Waals surface area contributed by atoms with E-state index in [-0.39, 0.29) is 13.2 Å². The summed E-state index contributed by atoms with van der Waals surface area (Å²) in [7, 11) is -2.43. The number of aliphatic hydroxyl groups excluding tert-OH is 1. The minimum Gasteiger partial charge on any atom is -0.400 e. The minimum absolute atomic E-state index is 0.240. The van der Waals surface area contributed by atoms with Crippen molar-refractivity contribution in [1.29, 1.82) is 0 Å². The molecular formula is C5H14ClO5P. The molecule has 0 aliphatic rings. The summed E-state index contributed by atoms with van der Waals surface area (Å²) in [6.07, 6.45) is 0. The van der Waals surface area contributed by atoms with Gasteiger partial charge in [-0.25, -0.2) is 4.57 Å². The molecule has 5 nitrogen and oxygen atoms in total. The van der Waals surface area contributed by atoms with Crippen LogP contribution in [0.15, 0.2) is 0 Å². The Morgan fingerprint density at radius 3 is 1.75 bits per heavy atom. The molecule has 0 radical (unpaired) electrons. The average molecular weight is 221 g/mol. The fourth-order valence-electron chi connectivity index (χ4n) is 0.393. The third kappa shape index (κ3) is 7.03. The fraction of sp³-hybridized carbons (Fsp3) is 1.00. The van der Waals surface area contributed by atoms with Crippen LogP contribution in [-0.2, 0) is 17.7 Å². The summed E-state index contributed by atoms with van der Waals surface area (Å²) < 4.78 is 24.2. The number of hydrogen-bond acceptors (Lipinski definition) is 5. The van der Waals surface area contributed by atoms with E-state index in [0.29, 0.717) is 0 Å². The molecule has 0 aliphatic carbocycles. The molecule has 0 aliphatic heterocycles. The van der Waals surface area contributed by atoms with Crippen molar-refractivity contribution in [1.82, 2.24) is 0 Å². The van der Waals surface area contributed by atoms with E-state index in [1.165, 1.54) is 0 Å². The minimum atomic E-state index is -3.43. The standard InChI is InChI=1S/C4H10ClO4P.CH4O/c1-3-7-10(6,9-5)8-4-2;1-2/h3-4H2,1-2H3;2H,1H3. The third-order valence-corrected chi connectivity index (χ3v) is 2.48. The van der Waals surface area contributed by atoms with Crippen LogP contribution in [0.25, 0.3) is 0 Å². The van der Waals surface area contributed by atoms with E-state index in [1.54, 1.807) is 13.8 Å². The van der Waals surface area contributed by atoms with E-state index in [0.717, 1.165) is 7.11 Å². The summed E-state index contributed by atoms with van der Waals surface area (Å²) >= 11 is 4.85. The van der Waals surface area contributed by atoms with Crippen LogP contribution >= 0.6 is 19.7 Å². The first-order chi connectivity index (χ1) is 5.68. The highest BCUT2D eigenvalue weighted by molar-refractivity contribution is 7.49. The molecule has 0 aromatic heterocycles. The van der Waals surface area contributed by atoms with Gasteiger partial charge >= 0.3 is 7.82 Å². The van der Waals surface area contributed by atoms with Crippen molar-refractivity contribution in [2.45, 2.75) is 13.8 Å². The SMILES string of the molecule is CCOP(=O)(OCl)OCC.CO. The molecule has 7 heteroatoms. The first-order valence-electron chi connectivity index (χ1n) is 3.32. The van der Waals surface area contributed by atoms with E-state index in [9.17, 15) is 4.57 Å². The van der Waals surface area contributed by atoms with E-state index >= 15 is 0 Å². The first-order valence-corrected chi connectivity index (χ1v) is 5.09. The number of halogens is 1. The van der Waals surface area contributed by atoms with Gasteiger partial charge in [0.1, 0.15) is 0 Å². The molecule has 0 unspecified atom stereocenters. The largest absolute Gasteiger partial charge is 0.491 e. The van der Waals surface area contributed by atoms with Crippen LogP contribution in [0, 0.1) is 0 Å². The van der Waals surface area contributed by atoms with Crippen molar-refractivity contribution in [3.63, 3.8) is 0 Å². The summed E-state index contributed by atoms with van der Waals surface area (Å²) in [6.45, 7) is 3.82. The number of rotatable bonds is 5. The molecule has 12 heavy (non-hydrogen) atoms. The Balaban J connectivity index is 0. The molecule has 0 spiro atoms. The summed E-state index contributed by atoms with van der Waals surface area (Å²) in [5.74, 6) is 0. The molecule has 0 heterocycles. The lowest BCUT2D eigenvalue weighted by Crippen LogP contribution is -1.94. The first kappa shape index (κ1) is 14.9. The Bertz CT molecular complexity index is 121. The van der Waals surface area contributed by atoms with Gasteiger partial charge in [-0.3, -0.25) is 9.05 Å². The highest BCUT2D eigenvalue weighted by Gasteiger charge is 2.24. The molecule has 0 rings (SSSR count). The van der Waals surface area contributed by atoms with Gasteiger partial charge in [-0.05, 0) is 13.8 Å². The van der Waals surface area contributed by atoms with Gasteiger partial charge in [0, 0.05) is 7.11 Å². The maximum atomic E-state index is 11.0. The van der Waals surface area contributed by atoms with E-state index < -0.39 is 7.82 Å². The highest BCUT2D eigenvalue weighted by atomic mass is 35.5. The molecule has 1 N–H and O–H groups in total. The van der Waals surface area contributed by atoms with E-state index in [4.69, 9.17) is 17.0 Å². The Kier molecular flexibility index (Phi) is 11.7. The number of aliphatic hydroxyl groups is 1. The van der Waals surface area contributed by atoms with Gasteiger partial charge in [0.2, 0.25) is 0 Å². The van der Waals surface area contributed by atoms with E-state index in [1.807, 2.05) is 0 Å². The lowest BCUT2D eigenvalue weighted by atomic mass is 10.9. The number of phosphoric ester groups is 1. The Morgan fingerprint density at radius 2 is 1.58 bits per heavy atom. The average Bonchev–Trinajstić information content (AvgIpc) is 2.09. The summed E-state index contributed by atoms with van der Waals surface area (Å²) in [6, 6.07) is 0. The van der Waals surface area contributed by atoms with Crippen LogP contribution in [0.5, 0.6) is 0 Å². The zero-order valence-corrected chi connectivity index (χ0v) is 8.97. The lowest BCUT2D eigenvalue weighted by Gasteiger charge is -2.10. The molecule has 0 bridgehead atoms. The molecule has 0 aromatic rings. The third-order valence-electron chi connectivity index (χ3n) is 0.659. The van der Waals surface area contributed by atoms with Crippen molar-refractivity contribution in [2.24, 2.45) is 0 Å². The maximum absolute atomic E-state index is 11.0.